The van der Waals surface area contributed by atoms with Crippen LogP contribution < -0.4 is 0 Å². The van der Waals surface area contributed by atoms with Crippen LogP contribution in [0.5, 0.6) is 0 Å². The van der Waals surface area contributed by atoms with E-state index in [0.29, 0.717) is 6.42 Å². The van der Waals surface area contributed by atoms with E-state index in [9.17, 15) is 9.59 Å². The van der Waals surface area contributed by atoms with Gasteiger partial charge in [0.2, 0.25) is 5.91 Å². The standard InChI is InChI=1S/C14H19NO3/c1-10-5-4-6-11(2)12(10)9-13(16)15(3)8-7-14(17)18/h4-6H,7-9H2,1-3H3,(H,17,18). The van der Waals surface area contributed by atoms with E-state index in [1.165, 1.54) is 4.90 Å². The Balaban J connectivity index is 2.67. The van der Waals surface area contributed by atoms with Crippen molar-refractivity contribution in [3.8, 4) is 0 Å². The van der Waals surface area contributed by atoms with Gasteiger partial charge in [-0.25, -0.2) is 0 Å². The zero-order chi connectivity index (χ0) is 13.7. The number of carboxylic acid groups (broad SMARTS) is 1. The lowest BCUT2D eigenvalue weighted by Crippen LogP contribution is -2.30. The number of nitrogens with zero attached hydrogens (tertiary/aromatic N) is 1. The summed E-state index contributed by atoms with van der Waals surface area (Å²) in [6.07, 6.45) is 0.309. The Labute approximate surface area is 107 Å². The molecule has 1 aromatic rings. The molecule has 0 unspecified atom stereocenters. The zero-order valence-electron chi connectivity index (χ0n) is 11.1. The van der Waals surface area contributed by atoms with Crippen molar-refractivity contribution < 1.29 is 14.7 Å². The van der Waals surface area contributed by atoms with Gasteiger partial charge in [0, 0.05) is 13.6 Å². The number of carboxylic acids is 1. The maximum atomic E-state index is 12.0. The van der Waals surface area contributed by atoms with Gasteiger partial charge in [0.1, 0.15) is 0 Å². The van der Waals surface area contributed by atoms with Crippen LogP contribution in [0, 0.1) is 13.8 Å². The molecule has 98 valence electrons. The Morgan fingerprint density at radius 3 is 2.28 bits per heavy atom. The molecule has 4 nitrogen and oxygen atoms in total. The van der Waals surface area contributed by atoms with Gasteiger partial charge < -0.3 is 10.0 Å². The number of aryl methyl sites for hydroxylation is 2. The number of hydrogen-bond donors (Lipinski definition) is 1. The fraction of sp³-hybridized carbons (Fsp3) is 0.429. The minimum atomic E-state index is -0.887. The second-order valence-electron chi connectivity index (χ2n) is 4.51. The van der Waals surface area contributed by atoms with Crippen molar-refractivity contribution in [3.05, 3.63) is 34.9 Å². The predicted octanol–water partition coefficient (Wildman–Crippen LogP) is 1.78. The maximum absolute atomic E-state index is 12.0. The fourth-order valence-corrected chi connectivity index (χ4v) is 1.80. The number of benzene rings is 1. The van der Waals surface area contributed by atoms with Gasteiger partial charge in [-0.2, -0.15) is 0 Å². The highest BCUT2D eigenvalue weighted by atomic mass is 16.4. The first-order valence-electron chi connectivity index (χ1n) is 5.92. The topological polar surface area (TPSA) is 57.6 Å². The number of aliphatic carboxylic acids is 1. The van der Waals surface area contributed by atoms with Crippen LogP contribution in [0.4, 0.5) is 0 Å². The Kier molecular flexibility index (Phi) is 4.89. The average molecular weight is 249 g/mol. The van der Waals surface area contributed by atoms with Crippen LogP contribution in [0.25, 0.3) is 0 Å². The van der Waals surface area contributed by atoms with E-state index in [-0.39, 0.29) is 18.9 Å². The lowest BCUT2D eigenvalue weighted by atomic mass is 9.99. The Morgan fingerprint density at radius 1 is 1.22 bits per heavy atom. The van der Waals surface area contributed by atoms with Gasteiger partial charge >= 0.3 is 5.97 Å². The highest BCUT2D eigenvalue weighted by Crippen LogP contribution is 2.14. The SMILES string of the molecule is Cc1cccc(C)c1CC(=O)N(C)CCC(=O)O. The Bertz CT molecular complexity index is 434. The molecule has 1 rings (SSSR count). The van der Waals surface area contributed by atoms with Gasteiger partial charge in [0.15, 0.2) is 0 Å². The normalized spacial score (nSPS) is 10.2. The van der Waals surface area contributed by atoms with Crippen molar-refractivity contribution in [1.29, 1.82) is 0 Å². The minimum Gasteiger partial charge on any atom is -0.481 e. The maximum Gasteiger partial charge on any atom is 0.305 e. The summed E-state index contributed by atoms with van der Waals surface area (Å²) in [4.78, 5) is 23.9. The number of carbonyl (C=O) groups excluding carboxylic acids is 1. The summed E-state index contributed by atoms with van der Waals surface area (Å²) in [6.45, 7) is 4.21. The molecular formula is C14H19NO3. The van der Waals surface area contributed by atoms with Crippen molar-refractivity contribution in [3.63, 3.8) is 0 Å². The summed E-state index contributed by atoms with van der Waals surface area (Å²) >= 11 is 0. The summed E-state index contributed by atoms with van der Waals surface area (Å²) in [5.41, 5.74) is 3.22. The van der Waals surface area contributed by atoms with Crippen LogP contribution in [0.1, 0.15) is 23.1 Å². The first-order valence-corrected chi connectivity index (χ1v) is 5.92. The van der Waals surface area contributed by atoms with E-state index in [1.54, 1.807) is 7.05 Å². The molecule has 0 saturated heterocycles. The molecule has 18 heavy (non-hydrogen) atoms. The van der Waals surface area contributed by atoms with Crippen LogP contribution in [-0.2, 0) is 16.0 Å². The summed E-state index contributed by atoms with van der Waals surface area (Å²) in [5, 5.41) is 8.58. The van der Waals surface area contributed by atoms with E-state index in [1.807, 2.05) is 32.0 Å². The molecule has 0 bridgehead atoms. The number of carbonyl (C=O) groups is 2. The second-order valence-corrected chi connectivity index (χ2v) is 4.51. The molecule has 0 radical (unpaired) electrons. The van der Waals surface area contributed by atoms with E-state index < -0.39 is 5.97 Å². The first-order chi connectivity index (χ1) is 8.41. The third-order valence-corrected chi connectivity index (χ3v) is 3.06. The minimum absolute atomic E-state index is 0.0189. The van der Waals surface area contributed by atoms with Gasteiger partial charge in [-0.05, 0) is 30.5 Å². The van der Waals surface area contributed by atoms with Crippen molar-refractivity contribution in [2.75, 3.05) is 13.6 Å². The summed E-state index contributed by atoms with van der Waals surface area (Å²) < 4.78 is 0. The summed E-state index contributed by atoms with van der Waals surface area (Å²) in [6, 6.07) is 5.92. The highest BCUT2D eigenvalue weighted by molar-refractivity contribution is 5.79. The number of likely N-dealkylation sites (N-methyl/N-ethyl adjacent to an activating group) is 1. The van der Waals surface area contributed by atoms with Crippen molar-refractivity contribution in [1.82, 2.24) is 4.90 Å². The van der Waals surface area contributed by atoms with E-state index in [4.69, 9.17) is 5.11 Å². The Hall–Kier alpha value is -1.84. The molecule has 0 atom stereocenters. The zero-order valence-corrected chi connectivity index (χ0v) is 11.1. The quantitative estimate of drug-likeness (QED) is 0.865. The van der Waals surface area contributed by atoms with E-state index in [2.05, 4.69) is 0 Å². The highest BCUT2D eigenvalue weighted by Gasteiger charge is 2.13. The van der Waals surface area contributed by atoms with Gasteiger partial charge in [-0.15, -0.1) is 0 Å². The molecule has 4 heteroatoms. The van der Waals surface area contributed by atoms with Crippen LogP contribution >= 0.6 is 0 Å². The smallest absolute Gasteiger partial charge is 0.305 e. The van der Waals surface area contributed by atoms with Gasteiger partial charge in [-0.1, -0.05) is 18.2 Å². The molecule has 0 heterocycles. The van der Waals surface area contributed by atoms with Crippen molar-refractivity contribution >= 4 is 11.9 Å². The summed E-state index contributed by atoms with van der Waals surface area (Å²) in [7, 11) is 1.64. The molecule has 1 N–H and O–H groups in total. The predicted molar refractivity (Wildman–Crippen MR) is 69.5 cm³/mol. The molecular weight excluding hydrogens is 230 g/mol. The summed E-state index contributed by atoms with van der Waals surface area (Å²) in [5.74, 6) is -0.935. The number of rotatable bonds is 5. The third kappa shape index (κ3) is 3.87. The second kappa shape index (κ2) is 6.19. The van der Waals surface area contributed by atoms with Crippen LogP contribution in [0.15, 0.2) is 18.2 Å². The lowest BCUT2D eigenvalue weighted by molar-refractivity contribution is -0.138. The van der Waals surface area contributed by atoms with Gasteiger partial charge in [-0.3, -0.25) is 9.59 Å². The largest absolute Gasteiger partial charge is 0.481 e. The van der Waals surface area contributed by atoms with E-state index >= 15 is 0 Å². The molecule has 0 fully saturated rings. The van der Waals surface area contributed by atoms with Crippen molar-refractivity contribution in [2.24, 2.45) is 0 Å². The van der Waals surface area contributed by atoms with E-state index in [0.717, 1.165) is 16.7 Å². The molecule has 0 aliphatic carbocycles. The van der Waals surface area contributed by atoms with Crippen LogP contribution in [-0.4, -0.2) is 35.5 Å². The van der Waals surface area contributed by atoms with Crippen LogP contribution in [0.2, 0.25) is 0 Å². The average Bonchev–Trinajstić information content (AvgIpc) is 2.30. The molecule has 0 aliphatic heterocycles. The monoisotopic (exact) mass is 249 g/mol. The molecule has 0 aromatic heterocycles. The van der Waals surface area contributed by atoms with Crippen molar-refractivity contribution in [2.45, 2.75) is 26.7 Å². The van der Waals surface area contributed by atoms with Crippen LogP contribution in [0.3, 0.4) is 0 Å². The molecule has 0 spiro atoms. The first kappa shape index (κ1) is 14.2. The third-order valence-electron chi connectivity index (χ3n) is 3.06. The lowest BCUT2D eigenvalue weighted by Gasteiger charge is -2.17. The molecule has 1 amide bonds. The molecule has 0 aliphatic rings. The molecule has 1 aromatic carbocycles. The number of hydrogen-bond acceptors (Lipinski definition) is 2. The fourth-order valence-electron chi connectivity index (χ4n) is 1.80. The molecule has 0 saturated carbocycles. The van der Waals surface area contributed by atoms with Gasteiger partial charge in [0.05, 0.1) is 12.8 Å². The van der Waals surface area contributed by atoms with Gasteiger partial charge in [0.25, 0.3) is 0 Å². The number of amides is 1. The Morgan fingerprint density at radius 2 is 1.78 bits per heavy atom.